The van der Waals surface area contributed by atoms with Gasteiger partial charge in [0.2, 0.25) is 0 Å². The number of likely N-dealkylation sites (tertiary alicyclic amines) is 1. The molecule has 1 fully saturated rings. The summed E-state index contributed by atoms with van der Waals surface area (Å²) in [6.07, 6.45) is 4.12. The van der Waals surface area contributed by atoms with E-state index < -0.39 is 11.7 Å². The summed E-state index contributed by atoms with van der Waals surface area (Å²) >= 11 is 0. The van der Waals surface area contributed by atoms with Crippen LogP contribution >= 0.6 is 0 Å². The third-order valence-electron chi connectivity index (χ3n) is 5.86. The second kappa shape index (κ2) is 10.7. The number of rotatable bonds is 7. The number of nitriles is 2. The standard InChI is InChI=1S/C26H23FN6O2/c1-2-35-26-30-14-20(15-31-26)24(19-6-3-17(12-28)4-7-19)33-10-9-21(16-33)32-25(34)22-8-5-18(13-29)11-23(22)27/h3-8,11,14-15,21,24H,2,9-10,16H2,1H3,(H,32,34)/t21-,24?/m1/s1. The van der Waals surface area contributed by atoms with Crippen molar-refractivity contribution >= 4 is 5.91 Å². The highest BCUT2D eigenvalue weighted by Gasteiger charge is 2.32. The first-order valence-corrected chi connectivity index (χ1v) is 11.2. The molecule has 2 atom stereocenters. The topological polar surface area (TPSA) is 115 Å². The molecule has 1 aromatic heterocycles. The van der Waals surface area contributed by atoms with Gasteiger partial charge >= 0.3 is 6.01 Å². The molecule has 35 heavy (non-hydrogen) atoms. The van der Waals surface area contributed by atoms with Gasteiger partial charge in [0, 0.05) is 37.1 Å². The minimum absolute atomic E-state index is 0.0917. The van der Waals surface area contributed by atoms with Gasteiger partial charge in [-0.25, -0.2) is 14.4 Å². The van der Waals surface area contributed by atoms with Gasteiger partial charge in [0.25, 0.3) is 5.91 Å². The molecule has 1 unspecified atom stereocenters. The van der Waals surface area contributed by atoms with E-state index in [9.17, 15) is 9.18 Å². The Morgan fingerprint density at radius 1 is 1.14 bits per heavy atom. The molecule has 9 heteroatoms. The molecule has 0 spiro atoms. The number of aromatic nitrogens is 2. The van der Waals surface area contributed by atoms with Crippen molar-refractivity contribution in [2.45, 2.75) is 25.4 Å². The molecule has 0 aliphatic carbocycles. The van der Waals surface area contributed by atoms with Gasteiger partial charge in [0.15, 0.2) is 0 Å². The second-order valence-corrected chi connectivity index (χ2v) is 8.13. The Morgan fingerprint density at radius 2 is 1.83 bits per heavy atom. The number of carbonyl (C=O) groups is 1. The van der Waals surface area contributed by atoms with Gasteiger partial charge in [-0.15, -0.1) is 0 Å². The van der Waals surface area contributed by atoms with Crippen molar-refractivity contribution in [1.82, 2.24) is 20.2 Å². The largest absolute Gasteiger partial charge is 0.464 e. The van der Waals surface area contributed by atoms with Crippen LogP contribution in [0.3, 0.4) is 0 Å². The maximum atomic E-state index is 14.3. The Bertz CT molecular complexity index is 1280. The number of ether oxygens (including phenoxy) is 1. The van der Waals surface area contributed by atoms with E-state index in [0.717, 1.165) is 17.2 Å². The Hall–Kier alpha value is -4.34. The van der Waals surface area contributed by atoms with Crippen molar-refractivity contribution < 1.29 is 13.9 Å². The number of hydrogen-bond donors (Lipinski definition) is 1. The molecule has 1 amide bonds. The maximum absolute atomic E-state index is 14.3. The molecule has 2 heterocycles. The Kier molecular flexibility index (Phi) is 7.30. The van der Waals surface area contributed by atoms with Crippen LogP contribution in [0.15, 0.2) is 54.9 Å². The Balaban J connectivity index is 1.54. The van der Waals surface area contributed by atoms with E-state index in [-0.39, 0.29) is 23.2 Å². The summed E-state index contributed by atoms with van der Waals surface area (Å²) in [6.45, 7) is 3.53. The molecular formula is C26H23FN6O2. The number of benzene rings is 2. The fraction of sp³-hybridized carbons (Fsp3) is 0.269. The first-order valence-electron chi connectivity index (χ1n) is 11.2. The molecule has 1 aliphatic rings. The molecule has 2 aromatic carbocycles. The summed E-state index contributed by atoms with van der Waals surface area (Å²) in [6, 6.07) is 15.0. The van der Waals surface area contributed by atoms with Gasteiger partial charge in [0.05, 0.1) is 41.5 Å². The predicted molar refractivity (Wildman–Crippen MR) is 125 cm³/mol. The minimum atomic E-state index is -0.724. The summed E-state index contributed by atoms with van der Waals surface area (Å²) in [5.74, 6) is -1.24. The lowest BCUT2D eigenvalue weighted by Crippen LogP contribution is -2.38. The van der Waals surface area contributed by atoms with Crippen LogP contribution < -0.4 is 10.1 Å². The summed E-state index contributed by atoms with van der Waals surface area (Å²) in [5, 5.41) is 21.0. The summed E-state index contributed by atoms with van der Waals surface area (Å²) < 4.78 is 19.7. The van der Waals surface area contributed by atoms with E-state index in [1.807, 2.05) is 25.1 Å². The van der Waals surface area contributed by atoms with Crippen molar-refractivity contribution in [3.63, 3.8) is 0 Å². The maximum Gasteiger partial charge on any atom is 0.316 e. The first kappa shape index (κ1) is 23.8. The highest BCUT2D eigenvalue weighted by atomic mass is 19.1. The van der Waals surface area contributed by atoms with E-state index in [4.69, 9.17) is 15.3 Å². The Labute approximate surface area is 202 Å². The van der Waals surface area contributed by atoms with Gasteiger partial charge < -0.3 is 10.1 Å². The first-order chi connectivity index (χ1) is 17.0. The average Bonchev–Trinajstić information content (AvgIpc) is 3.33. The van der Waals surface area contributed by atoms with Crippen molar-refractivity contribution in [3.8, 4) is 18.1 Å². The zero-order chi connectivity index (χ0) is 24.8. The van der Waals surface area contributed by atoms with Crippen LogP contribution in [0.4, 0.5) is 4.39 Å². The molecule has 1 aliphatic heterocycles. The van der Waals surface area contributed by atoms with E-state index in [1.165, 1.54) is 12.1 Å². The zero-order valence-corrected chi connectivity index (χ0v) is 19.1. The van der Waals surface area contributed by atoms with Gasteiger partial charge in [-0.1, -0.05) is 12.1 Å². The number of carbonyl (C=O) groups excluding carboxylic acids is 1. The molecule has 0 radical (unpaired) electrons. The van der Waals surface area contributed by atoms with Crippen LogP contribution in [0.25, 0.3) is 0 Å². The van der Waals surface area contributed by atoms with Crippen molar-refractivity contribution in [3.05, 3.63) is 88.5 Å². The molecular weight excluding hydrogens is 447 g/mol. The van der Waals surface area contributed by atoms with Crippen LogP contribution in [0, 0.1) is 28.5 Å². The van der Waals surface area contributed by atoms with E-state index >= 15 is 0 Å². The summed E-state index contributed by atoms with van der Waals surface area (Å²) in [7, 11) is 0. The lowest BCUT2D eigenvalue weighted by atomic mass is 9.98. The van der Waals surface area contributed by atoms with E-state index in [2.05, 4.69) is 26.3 Å². The quantitative estimate of drug-likeness (QED) is 0.563. The van der Waals surface area contributed by atoms with Gasteiger partial charge in [-0.05, 0) is 49.2 Å². The molecule has 4 rings (SSSR count). The molecule has 1 saturated heterocycles. The van der Waals surface area contributed by atoms with Crippen molar-refractivity contribution in [2.24, 2.45) is 0 Å². The van der Waals surface area contributed by atoms with E-state index in [0.29, 0.717) is 37.7 Å². The predicted octanol–water partition coefficient (Wildman–Crippen LogP) is 3.35. The second-order valence-electron chi connectivity index (χ2n) is 8.13. The smallest absolute Gasteiger partial charge is 0.316 e. The summed E-state index contributed by atoms with van der Waals surface area (Å²) in [4.78, 5) is 23.5. The SMILES string of the molecule is CCOc1ncc(C(c2ccc(C#N)cc2)N2CC[C@@H](NC(=O)c3ccc(C#N)cc3F)C2)cn1. The number of hydrogen-bond acceptors (Lipinski definition) is 7. The highest BCUT2D eigenvalue weighted by Crippen LogP contribution is 2.32. The molecule has 176 valence electrons. The number of nitrogens with one attached hydrogen (secondary N) is 1. The molecule has 1 N–H and O–H groups in total. The highest BCUT2D eigenvalue weighted by molar-refractivity contribution is 5.94. The zero-order valence-electron chi connectivity index (χ0n) is 19.1. The normalized spacial score (nSPS) is 16.2. The van der Waals surface area contributed by atoms with Crippen molar-refractivity contribution in [1.29, 1.82) is 10.5 Å². The third-order valence-corrected chi connectivity index (χ3v) is 5.86. The fourth-order valence-electron chi connectivity index (χ4n) is 4.20. The monoisotopic (exact) mass is 470 g/mol. The number of amides is 1. The average molecular weight is 471 g/mol. The van der Waals surface area contributed by atoms with Crippen molar-refractivity contribution in [2.75, 3.05) is 19.7 Å². The molecule has 0 saturated carbocycles. The van der Waals surface area contributed by atoms with Gasteiger partial charge in [-0.2, -0.15) is 10.5 Å². The van der Waals surface area contributed by atoms with Gasteiger partial charge in [-0.3, -0.25) is 9.69 Å². The van der Waals surface area contributed by atoms with E-state index in [1.54, 1.807) is 24.5 Å². The lowest BCUT2D eigenvalue weighted by molar-refractivity contribution is 0.0933. The molecule has 8 nitrogen and oxygen atoms in total. The van der Waals surface area contributed by atoms with Crippen LogP contribution in [-0.2, 0) is 0 Å². The van der Waals surface area contributed by atoms with Crippen LogP contribution in [0.2, 0.25) is 0 Å². The minimum Gasteiger partial charge on any atom is -0.464 e. The lowest BCUT2D eigenvalue weighted by Gasteiger charge is -2.28. The summed E-state index contributed by atoms with van der Waals surface area (Å²) in [5.41, 5.74) is 2.44. The number of halogens is 1. The molecule has 0 bridgehead atoms. The fourth-order valence-corrected chi connectivity index (χ4v) is 4.20. The molecule has 3 aromatic rings. The van der Waals surface area contributed by atoms with Crippen LogP contribution in [0.5, 0.6) is 6.01 Å². The van der Waals surface area contributed by atoms with Crippen LogP contribution in [0.1, 0.15) is 52.0 Å². The van der Waals surface area contributed by atoms with Crippen LogP contribution in [-0.4, -0.2) is 46.5 Å². The Morgan fingerprint density at radius 3 is 2.46 bits per heavy atom. The number of nitrogens with zero attached hydrogens (tertiary/aromatic N) is 5. The van der Waals surface area contributed by atoms with Gasteiger partial charge in [0.1, 0.15) is 5.82 Å². The third kappa shape index (κ3) is 5.43.